The Labute approximate surface area is 130 Å². The lowest BCUT2D eigenvalue weighted by molar-refractivity contribution is 1.20. The quantitative estimate of drug-likeness (QED) is 0.486. The molecule has 0 saturated heterocycles. The van der Waals surface area contributed by atoms with E-state index in [1.54, 1.807) is 0 Å². The Balaban J connectivity index is 2.57. The standard InChI is InChI=1S/C17H20IN/c1-11-8-6-7-9-16(11)19(18)17-10-12(2)13(3)14(4)15(17)5/h6-10H,1-5H3. The molecule has 2 aromatic rings. The Morgan fingerprint density at radius 1 is 0.737 bits per heavy atom. The molecule has 0 unspecified atom stereocenters. The molecule has 1 nitrogen and oxygen atoms in total. The fraction of sp³-hybridized carbons (Fsp3) is 0.294. The smallest absolute Gasteiger partial charge is 0.0646 e. The van der Waals surface area contributed by atoms with E-state index < -0.39 is 0 Å². The molecule has 2 rings (SSSR count). The predicted octanol–water partition coefficient (Wildman–Crippen LogP) is 5.72. The molecular weight excluding hydrogens is 345 g/mol. The first-order chi connectivity index (χ1) is 8.93. The van der Waals surface area contributed by atoms with Gasteiger partial charge in [0.05, 0.1) is 34.2 Å². The van der Waals surface area contributed by atoms with Crippen molar-refractivity contribution in [3.8, 4) is 0 Å². The lowest BCUT2D eigenvalue weighted by atomic mass is 9.97. The minimum atomic E-state index is 1.26. The number of rotatable bonds is 2. The van der Waals surface area contributed by atoms with E-state index in [1.807, 2.05) is 0 Å². The highest BCUT2D eigenvalue weighted by Crippen LogP contribution is 2.37. The maximum Gasteiger partial charge on any atom is 0.0646 e. The van der Waals surface area contributed by atoms with Crippen LogP contribution in [0.5, 0.6) is 0 Å². The van der Waals surface area contributed by atoms with Crippen molar-refractivity contribution in [2.75, 3.05) is 3.11 Å². The first-order valence-electron chi connectivity index (χ1n) is 6.52. The molecule has 0 fully saturated rings. The molecule has 19 heavy (non-hydrogen) atoms. The molecule has 0 heterocycles. The summed E-state index contributed by atoms with van der Waals surface area (Å²) < 4.78 is 2.27. The zero-order valence-corrected chi connectivity index (χ0v) is 14.4. The van der Waals surface area contributed by atoms with E-state index in [0.29, 0.717) is 0 Å². The van der Waals surface area contributed by atoms with Crippen molar-refractivity contribution in [1.29, 1.82) is 0 Å². The fourth-order valence-electron chi connectivity index (χ4n) is 2.31. The van der Waals surface area contributed by atoms with Crippen molar-refractivity contribution >= 4 is 34.2 Å². The van der Waals surface area contributed by atoms with Crippen molar-refractivity contribution in [1.82, 2.24) is 0 Å². The predicted molar refractivity (Wildman–Crippen MR) is 92.7 cm³/mol. The molecule has 0 aromatic heterocycles. The number of para-hydroxylation sites is 1. The molecule has 0 bridgehead atoms. The van der Waals surface area contributed by atoms with Crippen LogP contribution in [0.2, 0.25) is 0 Å². The van der Waals surface area contributed by atoms with Crippen molar-refractivity contribution < 1.29 is 0 Å². The number of halogens is 1. The van der Waals surface area contributed by atoms with Gasteiger partial charge in [-0.15, -0.1) is 0 Å². The van der Waals surface area contributed by atoms with Gasteiger partial charge in [-0.25, -0.2) is 0 Å². The minimum absolute atomic E-state index is 1.26. The van der Waals surface area contributed by atoms with Crippen molar-refractivity contribution in [2.45, 2.75) is 34.6 Å². The van der Waals surface area contributed by atoms with Gasteiger partial charge in [0.25, 0.3) is 0 Å². The van der Waals surface area contributed by atoms with Crippen molar-refractivity contribution in [3.63, 3.8) is 0 Å². The molecule has 0 saturated carbocycles. The molecule has 0 N–H and O–H groups in total. The van der Waals surface area contributed by atoms with Gasteiger partial charge in [-0.2, -0.15) is 0 Å². The number of nitrogens with zero attached hydrogens (tertiary/aromatic N) is 1. The van der Waals surface area contributed by atoms with Crippen LogP contribution in [0.1, 0.15) is 27.8 Å². The first kappa shape index (κ1) is 14.4. The van der Waals surface area contributed by atoms with Crippen LogP contribution in [-0.2, 0) is 0 Å². The number of hydrogen-bond donors (Lipinski definition) is 0. The van der Waals surface area contributed by atoms with E-state index >= 15 is 0 Å². The Bertz CT molecular complexity index is 617. The second-order valence-corrected chi connectivity index (χ2v) is 6.12. The monoisotopic (exact) mass is 365 g/mol. The van der Waals surface area contributed by atoms with Gasteiger partial charge in [0.2, 0.25) is 0 Å². The summed E-state index contributed by atoms with van der Waals surface area (Å²) in [5.74, 6) is 0. The van der Waals surface area contributed by atoms with Crippen LogP contribution in [0, 0.1) is 34.6 Å². The largest absolute Gasteiger partial charge is 0.282 e. The zero-order chi connectivity index (χ0) is 14.2. The van der Waals surface area contributed by atoms with E-state index in [4.69, 9.17) is 0 Å². The zero-order valence-electron chi connectivity index (χ0n) is 12.2. The van der Waals surface area contributed by atoms with Crippen molar-refractivity contribution in [2.24, 2.45) is 0 Å². The third kappa shape index (κ3) is 2.64. The fourth-order valence-corrected chi connectivity index (χ4v) is 3.35. The van der Waals surface area contributed by atoms with E-state index in [1.165, 1.54) is 39.2 Å². The van der Waals surface area contributed by atoms with E-state index in [9.17, 15) is 0 Å². The van der Waals surface area contributed by atoms with Crippen LogP contribution in [0.4, 0.5) is 11.4 Å². The number of anilines is 2. The summed E-state index contributed by atoms with van der Waals surface area (Å²) in [6.07, 6.45) is 0. The maximum atomic E-state index is 2.40. The first-order valence-corrected chi connectivity index (χ1v) is 7.49. The van der Waals surface area contributed by atoms with Gasteiger partial charge in [0.15, 0.2) is 0 Å². The van der Waals surface area contributed by atoms with Crippen molar-refractivity contribution in [3.05, 3.63) is 58.1 Å². The summed E-state index contributed by atoms with van der Waals surface area (Å²) in [4.78, 5) is 0. The molecular formula is C17H20IN. The normalized spacial score (nSPS) is 10.6. The maximum absolute atomic E-state index is 2.40. The third-order valence-corrected chi connectivity index (χ3v) is 5.03. The van der Waals surface area contributed by atoms with Crippen LogP contribution in [-0.4, -0.2) is 0 Å². The summed E-state index contributed by atoms with van der Waals surface area (Å²) in [7, 11) is 0. The SMILES string of the molecule is Cc1ccccc1N(I)c1cc(C)c(C)c(C)c1C. The lowest BCUT2D eigenvalue weighted by Crippen LogP contribution is -2.07. The van der Waals surface area contributed by atoms with Gasteiger partial charge < -0.3 is 0 Å². The molecule has 0 aliphatic heterocycles. The van der Waals surface area contributed by atoms with Gasteiger partial charge in [-0.3, -0.25) is 3.11 Å². The van der Waals surface area contributed by atoms with Crippen LogP contribution in [0.25, 0.3) is 0 Å². The summed E-state index contributed by atoms with van der Waals surface area (Å²) in [5, 5.41) is 0. The van der Waals surface area contributed by atoms with E-state index in [-0.39, 0.29) is 0 Å². The highest BCUT2D eigenvalue weighted by atomic mass is 127. The van der Waals surface area contributed by atoms with Crippen LogP contribution in [0.3, 0.4) is 0 Å². The van der Waals surface area contributed by atoms with Gasteiger partial charge in [0.1, 0.15) is 0 Å². The third-order valence-electron chi connectivity index (χ3n) is 3.99. The summed E-state index contributed by atoms with van der Waals surface area (Å²) >= 11 is 2.40. The van der Waals surface area contributed by atoms with Gasteiger partial charge in [0, 0.05) is 0 Å². The summed E-state index contributed by atoms with van der Waals surface area (Å²) in [5.41, 5.74) is 9.35. The molecule has 0 radical (unpaired) electrons. The van der Waals surface area contributed by atoms with Gasteiger partial charge in [-0.1, -0.05) is 18.2 Å². The average molecular weight is 365 g/mol. The molecule has 0 atom stereocenters. The highest BCUT2D eigenvalue weighted by molar-refractivity contribution is 14.1. The highest BCUT2D eigenvalue weighted by Gasteiger charge is 2.14. The molecule has 100 valence electrons. The molecule has 0 amide bonds. The lowest BCUT2D eigenvalue weighted by Gasteiger charge is -2.23. The van der Waals surface area contributed by atoms with E-state index in [2.05, 4.69) is 90.9 Å². The summed E-state index contributed by atoms with van der Waals surface area (Å²) in [6.45, 7) is 11.0. The Morgan fingerprint density at radius 2 is 1.37 bits per heavy atom. The average Bonchev–Trinajstić information content (AvgIpc) is 2.40. The molecule has 2 heteroatoms. The Morgan fingerprint density at radius 3 is 2.00 bits per heavy atom. The number of aryl methyl sites for hydroxylation is 2. The molecule has 0 aliphatic carbocycles. The minimum Gasteiger partial charge on any atom is -0.282 e. The second-order valence-electron chi connectivity index (χ2n) is 5.15. The Kier molecular flexibility index (Phi) is 4.19. The number of benzene rings is 2. The van der Waals surface area contributed by atoms with Gasteiger partial charge >= 0.3 is 0 Å². The van der Waals surface area contributed by atoms with Crippen LogP contribution in [0.15, 0.2) is 30.3 Å². The molecule has 0 spiro atoms. The molecule has 0 aliphatic rings. The number of hydrogen-bond acceptors (Lipinski definition) is 1. The molecule has 2 aromatic carbocycles. The van der Waals surface area contributed by atoms with E-state index in [0.717, 1.165) is 0 Å². The Hall–Kier alpha value is -1.03. The summed E-state index contributed by atoms with van der Waals surface area (Å²) in [6, 6.07) is 10.8. The topological polar surface area (TPSA) is 3.24 Å². The second kappa shape index (κ2) is 5.53. The van der Waals surface area contributed by atoms with Gasteiger partial charge in [-0.05, 0) is 74.6 Å². The van der Waals surface area contributed by atoms with Crippen LogP contribution >= 0.6 is 22.9 Å². The van der Waals surface area contributed by atoms with Crippen LogP contribution < -0.4 is 3.11 Å².